The fourth-order valence-corrected chi connectivity index (χ4v) is 1.42. The second kappa shape index (κ2) is 2.89. The Labute approximate surface area is 63.4 Å². The summed E-state index contributed by atoms with van der Waals surface area (Å²) < 4.78 is 6.29. The first kappa shape index (κ1) is 8.02. The topological polar surface area (TPSA) is 12.5 Å². The molecular formula is C8H18NO+. The molecular weight excluding hydrogens is 126 g/mol. The lowest BCUT2D eigenvalue weighted by Gasteiger charge is -2.28. The molecule has 1 aliphatic heterocycles. The minimum atomic E-state index is 0.571. The van der Waals surface area contributed by atoms with Crippen LogP contribution < -0.4 is 0 Å². The second-order valence-corrected chi connectivity index (χ2v) is 3.80. The Kier molecular flexibility index (Phi) is 2.32. The Hall–Kier alpha value is -0.0800. The van der Waals surface area contributed by atoms with E-state index in [-0.39, 0.29) is 0 Å². The van der Waals surface area contributed by atoms with Gasteiger partial charge in [0.15, 0.2) is 0 Å². The Balaban J connectivity index is 2.19. The van der Waals surface area contributed by atoms with E-state index in [1.165, 1.54) is 19.5 Å². The van der Waals surface area contributed by atoms with Crippen molar-refractivity contribution in [2.75, 3.05) is 33.8 Å². The predicted octanol–water partition coefficient (Wildman–Crippen LogP) is 0.872. The molecule has 1 unspecified atom stereocenters. The molecule has 2 heteroatoms. The minimum Gasteiger partial charge on any atom is -0.367 e. The smallest absolute Gasteiger partial charge is 0.130 e. The Morgan fingerprint density at radius 3 is 2.50 bits per heavy atom. The molecule has 0 spiro atoms. The number of rotatable bonds is 4. The van der Waals surface area contributed by atoms with Gasteiger partial charge in [0.1, 0.15) is 12.6 Å². The highest BCUT2D eigenvalue weighted by Crippen LogP contribution is 2.13. The van der Waals surface area contributed by atoms with E-state index in [0.717, 1.165) is 11.1 Å². The molecule has 1 rings (SSSR count). The molecule has 2 nitrogen and oxygen atoms in total. The third kappa shape index (κ3) is 2.67. The van der Waals surface area contributed by atoms with Gasteiger partial charge in [-0.2, -0.15) is 0 Å². The lowest BCUT2D eigenvalue weighted by molar-refractivity contribution is -0.890. The van der Waals surface area contributed by atoms with Crippen LogP contribution in [-0.4, -0.2) is 44.4 Å². The van der Waals surface area contributed by atoms with Crippen LogP contribution >= 0.6 is 0 Å². The summed E-state index contributed by atoms with van der Waals surface area (Å²) >= 11 is 0. The Bertz CT molecular complexity index is 108. The quantitative estimate of drug-likeness (QED) is 0.421. The maximum absolute atomic E-state index is 5.18. The molecule has 0 aliphatic carbocycles. The molecule has 0 N–H and O–H groups in total. The number of nitrogens with zero attached hydrogens (tertiary/aromatic N) is 1. The highest BCUT2D eigenvalue weighted by atomic mass is 16.6. The van der Waals surface area contributed by atoms with Gasteiger partial charge >= 0.3 is 0 Å². The number of epoxide rings is 1. The minimum absolute atomic E-state index is 0.571. The number of likely N-dealkylation sites (N-methyl/N-ethyl adjacent to an activating group) is 1. The van der Waals surface area contributed by atoms with Crippen molar-refractivity contribution in [3.05, 3.63) is 0 Å². The van der Waals surface area contributed by atoms with Crippen LogP contribution in [-0.2, 0) is 4.74 Å². The number of ether oxygens (including phenoxy) is 1. The van der Waals surface area contributed by atoms with Crippen molar-refractivity contribution in [1.29, 1.82) is 0 Å². The highest BCUT2D eigenvalue weighted by molar-refractivity contribution is 4.67. The van der Waals surface area contributed by atoms with Crippen LogP contribution in [0.2, 0.25) is 0 Å². The van der Waals surface area contributed by atoms with Crippen LogP contribution in [0.1, 0.15) is 13.3 Å². The van der Waals surface area contributed by atoms with Gasteiger partial charge in [0.2, 0.25) is 0 Å². The molecule has 0 amide bonds. The first-order valence-corrected chi connectivity index (χ1v) is 4.07. The predicted molar refractivity (Wildman–Crippen MR) is 41.9 cm³/mol. The molecule has 0 aromatic heterocycles. The normalized spacial score (nSPS) is 24.9. The first-order valence-electron chi connectivity index (χ1n) is 4.07. The van der Waals surface area contributed by atoms with Crippen molar-refractivity contribution in [1.82, 2.24) is 0 Å². The molecule has 1 fully saturated rings. The van der Waals surface area contributed by atoms with Crippen molar-refractivity contribution in [3.63, 3.8) is 0 Å². The lowest BCUT2D eigenvalue weighted by Crippen LogP contribution is -2.43. The SMILES string of the molecule is CCC[N+](C)(C)CC1CO1. The summed E-state index contributed by atoms with van der Waals surface area (Å²) in [6, 6.07) is 0. The monoisotopic (exact) mass is 144 g/mol. The zero-order chi connectivity index (χ0) is 7.61. The van der Waals surface area contributed by atoms with Crippen LogP contribution in [0.15, 0.2) is 0 Å². The maximum Gasteiger partial charge on any atom is 0.130 e. The van der Waals surface area contributed by atoms with Gasteiger partial charge in [-0.1, -0.05) is 6.92 Å². The number of hydrogen-bond acceptors (Lipinski definition) is 1. The van der Waals surface area contributed by atoms with E-state index in [1.807, 2.05) is 0 Å². The summed E-state index contributed by atoms with van der Waals surface area (Å²) in [5, 5.41) is 0. The largest absolute Gasteiger partial charge is 0.367 e. The third-order valence-corrected chi connectivity index (χ3v) is 1.93. The van der Waals surface area contributed by atoms with Crippen molar-refractivity contribution in [3.8, 4) is 0 Å². The average molecular weight is 144 g/mol. The van der Waals surface area contributed by atoms with E-state index < -0.39 is 0 Å². The van der Waals surface area contributed by atoms with Gasteiger partial charge in [0.25, 0.3) is 0 Å². The van der Waals surface area contributed by atoms with Crippen molar-refractivity contribution < 1.29 is 9.22 Å². The van der Waals surface area contributed by atoms with Crippen molar-refractivity contribution in [2.24, 2.45) is 0 Å². The van der Waals surface area contributed by atoms with E-state index in [9.17, 15) is 0 Å². The first-order chi connectivity index (χ1) is 4.64. The maximum atomic E-state index is 5.18. The van der Waals surface area contributed by atoms with E-state index in [0.29, 0.717) is 6.10 Å². The molecule has 1 heterocycles. The van der Waals surface area contributed by atoms with Gasteiger partial charge in [-0.05, 0) is 6.42 Å². The molecule has 10 heavy (non-hydrogen) atoms. The molecule has 0 bridgehead atoms. The van der Waals surface area contributed by atoms with Crippen LogP contribution in [0.25, 0.3) is 0 Å². The van der Waals surface area contributed by atoms with E-state index in [4.69, 9.17) is 4.74 Å². The summed E-state index contributed by atoms with van der Waals surface area (Å²) in [4.78, 5) is 0. The van der Waals surface area contributed by atoms with E-state index in [1.54, 1.807) is 0 Å². The highest BCUT2D eigenvalue weighted by Gasteiger charge is 2.30. The standard InChI is InChI=1S/C8H18NO/c1-4-5-9(2,3)6-8-7-10-8/h8H,4-7H2,1-3H3/q+1. The molecule has 0 radical (unpaired) electrons. The fraction of sp³-hybridized carbons (Fsp3) is 1.00. The third-order valence-electron chi connectivity index (χ3n) is 1.93. The van der Waals surface area contributed by atoms with E-state index >= 15 is 0 Å². The molecule has 60 valence electrons. The molecule has 0 aromatic carbocycles. The molecule has 0 saturated carbocycles. The average Bonchev–Trinajstić information content (AvgIpc) is 2.48. The van der Waals surface area contributed by atoms with Gasteiger partial charge in [-0.3, -0.25) is 0 Å². The van der Waals surface area contributed by atoms with Crippen LogP contribution in [0.4, 0.5) is 0 Å². The van der Waals surface area contributed by atoms with Gasteiger partial charge in [-0.15, -0.1) is 0 Å². The summed E-state index contributed by atoms with van der Waals surface area (Å²) in [5.41, 5.74) is 0. The lowest BCUT2D eigenvalue weighted by atomic mass is 10.3. The van der Waals surface area contributed by atoms with Gasteiger partial charge in [0.05, 0.1) is 27.2 Å². The van der Waals surface area contributed by atoms with Crippen molar-refractivity contribution in [2.45, 2.75) is 19.4 Å². The molecule has 0 aromatic rings. The van der Waals surface area contributed by atoms with Gasteiger partial charge in [0, 0.05) is 0 Å². The fourth-order valence-electron chi connectivity index (χ4n) is 1.42. The van der Waals surface area contributed by atoms with Gasteiger partial charge < -0.3 is 9.22 Å². The van der Waals surface area contributed by atoms with Crippen LogP contribution in [0.3, 0.4) is 0 Å². The molecule has 1 atom stereocenters. The van der Waals surface area contributed by atoms with Crippen molar-refractivity contribution >= 4 is 0 Å². The van der Waals surface area contributed by atoms with Crippen LogP contribution in [0.5, 0.6) is 0 Å². The zero-order valence-corrected chi connectivity index (χ0v) is 7.26. The molecule has 1 saturated heterocycles. The summed E-state index contributed by atoms with van der Waals surface area (Å²) in [6.45, 7) is 5.67. The Morgan fingerprint density at radius 1 is 1.50 bits per heavy atom. The summed E-state index contributed by atoms with van der Waals surface area (Å²) in [7, 11) is 4.54. The van der Waals surface area contributed by atoms with Crippen LogP contribution in [0, 0.1) is 0 Å². The van der Waals surface area contributed by atoms with E-state index in [2.05, 4.69) is 21.0 Å². The summed E-state index contributed by atoms with van der Waals surface area (Å²) in [6.07, 6.45) is 1.83. The Morgan fingerprint density at radius 2 is 2.10 bits per heavy atom. The van der Waals surface area contributed by atoms with Gasteiger partial charge in [-0.25, -0.2) is 0 Å². The number of quaternary nitrogens is 1. The number of hydrogen-bond donors (Lipinski definition) is 0. The summed E-state index contributed by atoms with van der Waals surface area (Å²) in [5.74, 6) is 0. The molecule has 1 aliphatic rings. The zero-order valence-electron chi connectivity index (χ0n) is 7.26. The second-order valence-electron chi connectivity index (χ2n) is 3.80.